The van der Waals surface area contributed by atoms with Crippen molar-refractivity contribution in [2.45, 2.75) is 34.8 Å². The van der Waals surface area contributed by atoms with Gasteiger partial charge in [0.25, 0.3) is 0 Å². The van der Waals surface area contributed by atoms with E-state index < -0.39 is 32.0 Å². The van der Waals surface area contributed by atoms with Gasteiger partial charge in [0.05, 0.1) is 15.9 Å². The molecule has 0 aromatic heterocycles. The van der Waals surface area contributed by atoms with E-state index in [0.717, 1.165) is 17.1 Å². The van der Waals surface area contributed by atoms with Crippen LogP contribution in [0.4, 0.5) is 0 Å². The number of carbonyl (C=O) groups is 1. The topological polar surface area (TPSA) is 113 Å². The molecule has 1 amide bonds. The lowest BCUT2D eigenvalue weighted by Gasteiger charge is -2.39. The first-order chi connectivity index (χ1) is 15.8. The highest BCUT2D eigenvalue weighted by Gasteiger charge is 2.43. The molecule has 2 fully saturated rings. The lowest BCUT2D eigenvalue weighted by atomic mass is 10.2. The molecule has 178 valence electrons. The SMILES string of the molecule is O=C(NC[C@H]1CCCO1)[C@H]1CN(S(=O)(=O)c2ccccc2)CCN1S(=O)(=O)c1ccccc1. The van der Waals surface area contributed by atoms with Crippen LogP contribution < -0.4 is 5.32 Å². The number of nitrogens with zero attached hydrogens (tertiary/aromatic N) is 2. The van der Waals surface area contributed by atoms with Crippen molar-refractivity contribution < 1.29 is 26.4 Å². The zero-order valence-electron chi connectivity index (χ0n) is 18.0. The maximum atomic E-state index is 13.3. The number of ether oxygens (including phenoxy) is 1. The number of benzene rings is 2. The highest BCUT2D eigenvalue weighted by molar-refractivity contribution is 7.89. The van der Waals surface area contributed by atoms with Crippen LogP contribution in [0.1, 0.15) is 12.8 Å². The van der Waals surface area contributed by atoms with Crippen LogP contribution in [-0.4, -0.2) is 76.3 Å². The molecule has 2 aliphatic heterocycles. The van der Waals surface area contributed by atoms with Crippen LogP contribution in [0, 0.1) is 0 Å². The molecule has 2 aliphatic rings. The van der Waals surface area contributed by atoms with E-state index in [-0.39, 0.29) is 42.1 Å². The van der Waals surface area contributed by atoms with Crippen LogP contribution in [0.3, 0.4) is 0 Å². The Morgan fingerprint density at radius 3 is 2.09 bits per heavy atom. The van der Waals surface area contributed by atoms with Gasteiger partial charge in [-0.2, -0.15) is 8.61 Å². The molecule has 2 atom stereocenters. The van der Waals surface area contributed by atoms with Crippen molar-refractivity contribution in [1.29, 1.82) is 0 Å². The van der Waals surface area contributed by atoms with Crippen molar-refractivity contribution >= 4 is 26.0 Å². The van der Waals surface area contributed by atoms with Crippen molar-refractivity contribution in [2.24, 2.45) is 0 Å². The molecule has 0 saturated carbocycles. The van der Waals surface area contributed by atoms with Crippen molar-refractivity contribution in [2.75, 3.05) is 32.8 Å². The molecular formula is C22H27N3O6S2. The van der Waals surface area contributed by atoms with Crippen LogP contribution in [0.2, 0.25) is 0 Å². The number of hydrogen-bond acceptors (Lipinski definition) is 6. The standard InChI is InChI=1S/C22H27N3O6S2/c26-22(23-16-18-8-7-15-31-18)21-17-24(32(27,28)19-9-3-1-4-10-19)13-14-25(21)33(29,30)20-11-5-2-6-12-20/h1-6,9-12,18,21H,7-8,13-17H2,(H,23,26)/t18-,21-/m1/s1. The molecule has 2 heterocycles. The molecule has 0 radical (unpaired) electrons. The average molecular weight is 494 g/mol. The van der Waals surface area contributed by atoms with Crippen LogP contribution in [0.25, 0.3) is 0 Å². The summed E-state index contributed by atoms with van der Waals surface area (Å²) in [5.41, 5.74) is 0. The molecule has 2 saturated heterocycles. The Bertz CT molecular complexity index is 1170. The lowest BCUT2D eigenvalue weighted by molar-refractivity contribution is -0.126. The summed E-state index contributed by atoms with van der Waals surface area (Å²) in [4.78, 5) is 13.3. The number of nitrogens with one attached hydrogen (secondary N) is 1. The summed E-state index contributed by atoms with van der Waals surface area (Å²) in [5, 5.41) is 2.77. The summed E-state index contributed by atoms with van der Waals surface area (Å²) in [5.74, 6) is -0.544. The molecular weight excluding hydrogens is 466 g/mol. The fraction of sp³-hybridized carbons (Fsp3) is 0.409. The highest BCUT2D eigenvalue weighted by atomic mass is 32.2. The Morgan fingerprint density at radius 2 is 1.52 bits per heavy atom. The largest absolute Gasteiger partial charge is 0.376 e. The van der Waals surface area contributed by atoms with Gasteiger partial charge in [0.2, 0.25) is 26.0 Å². The summed E-state index contributed by atoms with van der Waals surface area (Å²) >= 11 is 0. The van der Waals surface area contributed by atoms with Gasteiger partial charge >= 0.3 is 0 Å². The second-order valence-corrected chi connectivity index (χ2v) is 11.8. The minimum atomic E-state index is -4.01. The third-order valence-electron chi connectivity index (χ3n) is 5.86. The van der Waals surface area contributed by atoms with E-state index in [0.29, 0.717) is 6.61 Å². The van der Waals surface area contributed by atoms with Crippen molar-refractivity contribution in [3.8, 4) is 0 Å². The van der Waals surface area contributed by atoms with Gasteiger partial charge in [-0.05, 0) is 37.1 Å². The Kier molecular flexibility index (Phi) is 7.15. The minimum Gasteiger partial charge on any atom is -0.376 e. The Hall–Kier alpha value is -2.31. The predicted octanol–water partition coefficient (Wildman–Crippen LogP) is 1.05. The third-order valence-corrected chi connectivity index (χ3v) is 9.66. The van der Waals surface area contributed by atoms with Gasteiger partial charge in [-0.3, -0.25) is 4.79 Å². The van der Waals surface area contributed by atoms with Crippen LogP contribution in [0.5, 0.6) is 0 Å². The first-order valence-corrected chi connectivity index (χ1v) is 13.7. The van der Waals surface area contributed by atoms with Crippen molar-refractivity contribution in [3.63, 3.8) is 0 Å². The zero-order valence-corrected chi connectivity index (χ0v) is 19.7. The number of piperazine rings is 1. The second kappa shape index (κ2) is 9.90. The average Bonchev–Trinajstić information content (AvgIpc) is 3.37. The fourth-order valence-corrected chi connectivity index (χ4v) is 7.12. The summed E-state index contributed by atoms with van der Waals surface area (Å²) in [6, 6.07) is 14.6. The lowest BCUT2D eigenvalue weighted by Crippen LogP contribution is -2.61. The normalized spacial score (nSPS) is 22.8. The van der Waals surface area contributed by atoms with E-state index in [1.807, 2.05) is 0 Å². The van der Waals surface area contributed by atoms with E-state index in [4.69, 9.17) is 4.74 Å². The smallest absolute Gasteiger partial charge is 0.243 e. The van der Waals surface area contributed by atoms with Gasteiger partial charge in [0, 0.05) is 32.8 Å². The maximum absolute atomic E-state index is 13.3. The van der Waals surface area contributed by atoms with E-state index >= 15 is 0 Å². The minimum absolute atomic E-state index is 0.0567. The van der Waals surface area contributed by atoms with Gasteiger partial charge in [-0.25, -0.2) is 16.8 Å². The molecule has 0 aliphatic carbocycles. The Balaban J connectivity index is 1.61. The van der Waals surface area contributed by atoms with Crippen LogP contribution in [0.15, 0.2) is 70.5 Å². The Morgan fingerprint density at radius 1 is 0.909 bits per heavy atom. The van der Waals surface area contributed by atoms with Crippen LogP contribution >= 0.6 is 0 Å². The maximum Gasteiger partial charge on any atom is 0.243 e. The molecule has 2 aromatic carbocycles. The van der Waals surface area contributed by atoms with Gasteiger partial charge in [-0.1, -0.05) is 36.4 Å². The number of hydrogen-bond donors (Lipinski definition) is 1. The van der Waals surface area contributed by atoms with Gasteiger partial charge in [0.1, 0.15) is 6.04 Å². The Labute approximate surface area is 194 Å². The molecule has 11 heteroatoms. The molecule has 2 aromatic rings. The number of rotatable bonds is 7. The van der Waals surface area contributed by atoms with Gasteiger partial charge < -0.3 is 10.1 Å². The van der Waals surface area contributed by atoms with E-state index in [1.54, 1.807) is 36.4 Å². The number of amides is 1. The molecule has 9 nitrogen and oxygen atoms in total. The van der Waals surface area contributed by atoms with Crippen LogP contribution in [-0.2, 0) is 29.6 Å². The third kappa shape index (κ3) is 5.12. The van der Waals surface area contributed by atoms with E-state index in [1.165, 1.54) is 28.6 Å². The monoisotopic (exact) mass is 493 g/mol. The first kappa shape index (κ1) is 23.8. The molecule has 0 unspecified atom stereocenters. The molecule has 33 heavy (non-hydrogen) atoms. The summed E-state index contributed by atoms with van der Waals surface area (Å²) < 4.78 is 60.8. The van der Waals surface area contributed by atoms with Gasteiger partial charge in [0.15, 0.2) is 0 Å². The number of sulfonamides is 2. The fourth-order valence-electron chi connectivity index (χ4n) is 4.07. The number of carbonyl (C=O) groups excluding carboxylic acids is 1. The van der Waals surface area contributed by atoms with Crippen molar-refractivity contribution in [1.82, 2.24) is 13.9 Å². The van der Waals surface area contributed by atoms with E-state index in [2.05, 4.69) is 5.32 Å². The first-order valence-electron chi connectivity index (χ1n) is 10.8. The molecule has 4 rings (SSSR count). The van der Waals surface area contributed by atoms with E-state index in [9.17, 15) is 21.6 Å². The van der Waals surface area contributed by atoms with Gasteiger partial charge in [-0.15, -0.1) is 0 Å². The highest BCUT2D eigenvalue weighted by Crippen LogP contribution is 2.25. The molecule has 0 spiro atoms. The van der Waals surface area contributed by atoms with Crippen molar-refractivity contribution in [3.05, 3.63) is 60.7 Å². The second-order valence-electron chi connectivity index (χ2n) is 8.00. The zero-order chi connectivity index (χ0) is 23.5. The predicted molar refractivity (Wildman–Crippen MR) is 121 cm³/mol. The summed E-state index contributed by atoms with van der Waals surface area (Å²) in [6.45, 7) is 0.405. The quantitative estimate of drug-likeness (QED) is 0.617. The molecule has 1 N–H and O–H groups in total. The summed E-state index contributed by atoms with van der Waals surface area (Å²) in [6.07, 6.45) is 1.59. The molecule has 0 bridgehead atoms. The summed E-state index contributed by atoms with van der Waals surface area (Å²) in [7, 11) is -7.89.